The zero-order chi connectivity index (χ0) is 16.4. The van der Waals surface area contributed by atoms with Crippen LogP contribution in [0.1, 0.15) is 31.2 Å². The maximum absolute atomic E-state index is 12.3. The van der Waals surface area contributed by atoms with Gasteiger partial charge in [0.15, 0.2) is 0 Å². The first kappa shape index (κ1) is 15.6. The predicted octanol–water partition coefficient (Wildman–Crippen LogP) is 2.48. The number of carboxylic acid groups (broad SMARTS) is 1. The molecule has 122 valence electrons. The molecule has 1 fully saturated rings. The highest BCUT2D eigenvalue weighted by Crippen LogP contribution is 2.25. The monoisotopic (exact) mass is 314 g/mol. The molecule has 5 nitrogen and oxygen atoms in total. The Hall–Kier alpha value is -2.30. The van der Waals surface area contributed by atoms with Crippen LogP contribution in [-0.4, -0.2) is 27.6 Å². The van der Waals surface area contributed by atoms with Gasteiger partial charge >= 0.3 is 5.97 Å². The van der Waals surface area contributed by atoms with E-state index in [-0.39, 0.29) is 17.9 Å². The third-order valence-corrected chi connectivity index (χ3v) is 4.77. The normalized spacial score (nSPS) is 21.3. The van der Waals surface area contributed by atoms with Crippen molar-refractivity contribution in [2.24, 2.45) is 13.0 Å². The summed E-state index contributed by atoms with van der Waals surface area (Å²) in [6.45, 7) is 0. The molecule has 1 aliphatic rings. The van der Waals surface area contributed by atoms with Crippen molar-refractivity contribution in [1.82, 2.24) is 9.88 Å². The molecule has 1 amide bonds. The molecule has 3 rings (SSSR count). The molecule has 5 heteroatoms. The van der Waals surface area contributed by atoms with Crippen molar-refractivity contribution in [2.75, 3.05) is 0 Å². The Kier molecular flexibility index (Phi) is 4.37. The van der Waals surface area contributed by atoms with Crippen molar-refractivity contribution in [3.8, 4) is 0 Å². The lowest BCUT2D eigenvalue weighted by atomic mass is 9.86. The van der Waals surface area contributed by atoms with Crippen molar-refractivity contribution in [1.29, 1.82) is 0 Å². The zero-order valence-electron chi connectivity index (χ0n) is 13.3. The summed E-state index contributed by atoms with van der Waals surface area (Å²) in [6, 6.07) is 8.16. The maximum atomic E-state index is 12.3. The minimum Gasteiger partial charge on any atom is -0.481 e. The molecule has 2 aromatic rings. The van der Waals surface area contributed by atoms with Gasteiger partial charge in [0.05, 0.1) is 12.3 Å². The molecule has 0 aliphatic heterocycles. The summed E-state index contributed by atoms with van der Waals surface area (Å²) in [5.74, 6) is -0.952. The van der Waals surface area contributed by atoms with E-state index in [1.807, 2.05) is 42.1 Å². The number of carboxylic acids is 1. The van der Waals surface area contributed by atoms with Crippen LogP contribution in [0.3, 0.4) is 0 Å². The van der Waals surface area contributed by atoms with Gasteiger partial charge < -0.3 is 15.0 Å². The number of nitrogens with zero attached hydrogens (tertiary/aromatic N) is 1. The van der Waals surface area contributed by atoms with Gasteiger partial charge in [-0.05, 0) is 37.3 Å². The van der Waals surface area contributed by atoms with Crippen LogP contribution in [0.2, 0.25) is 0 Å². The fourth-order valence-corrected chi connectivity index (χ4v) is 3.50. The number of hydrogen-bond donors (Lipinski definition) is 2. The smallest absolute Gasteiger partial charge is 0.306 e. The van der Waals surface area contributed by atoms with E-state index in [4.69, 9.17) is 5.11 Å². The van der Waals surface area contributed by atoms with Gasteiger partial charge in [-0.3, -0.25) is 9.59 Å². The summed E-state index contributed by atoms with van der Waals surface area (Å²) in [6.07, 6.45) is 5.16. The number of aromatic nitrogens is 1. The number of carbonyl (C=O) groups is 2. The number of aliphatic carboxylic acids is 1. The van der Waals surface area contributed by atoms with Gasteiger partial charge in [-0.15, -0.1) is 0 Å². The van der Waals surface area contributed by atoms with E-state index in [1.165, 1.54) is 0 Å². The van der Waals surface area contributed by atoms with Crippen LogP contribution in [0.5, 0.6) is 0 Å². The number of hydrogen-bond acceptors (Lipinski definition) is 2. The highest BCUT2D eigenvalue weighted by molar-refractivity contribution is 5.89. The van der Waals surface area contributed by atoms with Crippen LogP contribution in [0, 0.1) is 5.92 Å². The molecule has 0 radical (unpaired) electrons. The number of nitrogens with one attached hydrogen (secondary N) is 1. The van der Waals surface area contributed by atoms with E-state index in [1.54, 1.807) is 0 Å². The summed E-state index contributed by atoms with van der Waals surface area (Å²) in [7, 11) is 1.98. The van der Waals surface area contributed by atoms with Gasteiger partial charge in [0.25, 0.3) is 0 Å². The fraction of sp³-hybridized carbons (Fsp3) is 0.444. The van der Waals surface area contributed by atoms with Crippen LogP contribution in [0.25, 0.3) is 10.9 Å². The maximum Gasteiger partial charge on any atom is 0.306 e. The molecule has 23 heavy (non-hydrogen) atoms. The van der Waals surface area contributed by atoms with Gasteiger partial charge in [0.1, 0.15) is 0 Å². The number of aryl methyl sites for hydroxylation is 1. The fourth-order valence-electron chi connectivity index (χ4n) is 3.50. The molecule has 1 aliphatic carbocycles. The second-order valence-electron chi connectivity index (χ2n) is 6.41. The molecular formula is C18H22N2O3. The summed E-state index contributed by atoms with van der Waals surface area (Å²) in [5, 5.41) is 13.2. The molecule has 0 unspecified atom stereocenters. The largest absolute Gasteiger partial charge is 0.481 e. The minimum atomic E-state index is -0.717. The van der Waals surface area contributed by atoms with Crippen molar-refractivity contribution >= 4 is 22.8 Å². The average Bonchev–Trinajstić information content (AvgIpc) is 2.84. The summed E-state index contributed by atoms with van der Waals surface area (Å²) >= 11 is 0. The molecule has 1 aromatic carbocycles. The zero-order valence-corrected chi connectivity index (χ0v) is 13.3. The van der Waals surface area contributed by atoms with Gasteiger partial charge in [-0.2, -0.15) is 0 Å². The second kappa shape index (κ2) is 6.44. The number of rotatable bonds is 4. The van der Waals surface area contributed by atoms with E-state index >= 15 is 0 Å². The van der Waals surface area contributed by atoms with Crippen LogP contribution in [-0.2, 0) is 23.1 Å². The van der Waals surface area contributed by atoms with Crippen LogP contribution in [0.4, 0.5) is 0 Å². The summed E-state index contributed by atoms with van der Waals surface area (Å²) in [4.78, 5) is 23.3. The van der Waals surface area contributed by atoms with E-state index in [2.05, 4.69) is 5.32 Å². The van der Waals surface area contributed by atoms with E-state index in [0.717, 1.165) is 29.3 Å². The minimum absolute atomic E-state index is 0.0140. The molecule has 0 saturated heterocycles. The Balaban J connectivity index is 1.60. The lowest BCUT2D eigenvalue weighted by molar-refractivity contribution is -0.142. The molecule has 1 saturated carbocycles. The highest BCUT2D eigenvalue weighted by atomic mass is 16.4. The lowest BCUT2D eigenvalue weighted by Gasteiger charge is -2.26. The molecular weight excluding hydrogens is 292 g/mol. The average molecular weight is 314 g/mol. The first-order chi connectivity index (χ1) is 11.0. The SMILES string of the molecule is Cn1cc(CC(=O)NC2CCC(C(=O)O)CC2)c2ccccc21. The molecule has 0 spiro atoms. The van der Waals surface area contributed by atoms with Crippen molar-refractivity contribution in [2.45, 2.75) is 38.1 Å². The van der Waals surface area contributed by atoms with Crippen LogP contribution < -0.4 is 5.32 Å². The molecule has 1 heterocycles. The van der Waals surface area contributed by atoms with Crippen molar-refractivity contribution < 1.29 is 14.7 Å². The van der Waals surface area contributed by atoms with Gasteiger partial charge in [0.2, 0.25) is 5.91 Å². The van der Waals surface area contributed by atoms with Crippen LogP contribution in [0.15, 0.2) is 30.5 Å². The number of fused-ring (bicyclic) bond motifs is 1. The number of benzene rings is 1. The molecule has 0 atom stereocenters. The molecule has 1 aromatic heterocycles. The number of para-hydroxylation sites is 1. The third-order valence-electron chi connectivity index (χ3n) is 4.77. The number of amides is 1. The number of carbonyl (C=O) groups excluding carboxylic acids is 1. The molecule has 2 N–H and O–H groups in total. The van der Waals surface area contributed by atoms with Crippen molar-refractivity contribution in [3.05, 3.63) is 36.0 Å². The standard InChI is InChI=1S/C18H22N2O3/c1-20-11-13(15-4-2-3-5-16(15)20)10-17(21)19-14-8-6-12(7-9-14)18(22)23/h2-5,11-12,14H,6-10H2,1H3,(H,19,21)(H,22,23). The Bertz CT molecular complexity index is 727. The quantitative estimate of drug-likeness (QED) is 0.911. The van der Waals surface area contributed by atoms with Gasteiger partial charge in [-0.25, -0.2) is 0 Å². The van der Waals surface area contributed by atoms with E-state index in [0.29, 0.717) is 19.3 Å². The second-order valence-corrected chi connectivity index (χ2v) is 6.41. The first-order valence-electron chi connectivity index (χ1n) is 8.09. The summed E-state index contributed by atoms with van der Waals surface area (Å²) < 4.78 is 2.04. The summed E-state index contributed by atoms with van der Waals surface area (Å²) in [5.41, 5.74) is 2.15. The third kappa shape index (κ3) is 3.38. The Morgan fingerprint density at radius 1 is 1.22 bits per heavy atom. The van der Waals surface area contributed by atoms with Gasteiger partial charge in [0, 0.05) is 30.2 Å². The Morgan fingerprint density at radius 2 is 1.91 bits per heavy atom. The molecule has 0 bridgehead atoms. The Labute approximate surface area is 135 Å². The van der Waals surface area contributed by atoms with Crippen LogP contribution >= 0.6 is 0 Å². The predicted molar refractivity (Wildman–Crippen MR) is 88.1 cm³/mol. The van der Waals surface area contributed by atoms with E-state index < -0.39 is 5.97 Å². The topological polar surface area (TPSA) is 71.3 Å². The highest BCUT2D eigenvalue weighted by Gasteiger charge is 2.26. The van der Waals surface area contributed by atoms with Crippen molar-refractivity contribution in [3.63, 3.8) is 0 Å². The van der Waals surface area contributed by atoms with E-state index in [9.17, 15) is 9.59 Å². The van der Waals surface area contributed by atoms with Gasteiger partial charge in [-0.1, -0.05) is 18.2 Å². The first-order valence-corrected chi connectivity index (χ1v) is 8.09. The Morgan fingerprint density at radius 3 is 2.61 bits per heavy atom. The lowest BCUT2D eigenvalue weighted by Crippen LogP contribution is -2.39.